The number of halogens is 1. The molecule has 0 amide bonds. The fraction of sp³-hybridized carbons (Fsp3) is 0.800. The van der Waals surface area contributed by atoms with E-state index in [4.69, 9.17) is 15.0 Å². The van der Waals surface area contributed by atoms with Gasteiger partial charge in [0.25, 0.3) is 5.89 Å². The number of hydrogen-bond acceptors (Lipinski definition) is 5. The molecule has 0 spiro atoms. The van der Waals surface area contributed by atoms with Crippen LogP contribution in [0.1, 0.15) is 50.4 Å². The van der Waals surface area contributed by atoms with Gasteiger partial charge in [-0.05, 0) is 38.5 Å². The van der Waals surface area contributed by atoms with Crippen LogP contribution in [-0.4, -0.2) is 46.7 Å². The minimum Gasteiger partial charge on any atom is -0.370 e. The summed E-state index contributed by atoms with van der Waals surface area (Å²) in [4.78, 5) is 10.9. The maximum absolute atomic E-state index is 6.12. The smallest absolute Gasteiger partial charge is 0.255 e. The Hall–Kier alpha value is -0.900. The summed E-state index contributed by atoms with van der Waals surface area (Å²) in [5, 5.41) is 3.81. The Balaban J connectivity index is 0.00000192. The SMILES string of the molecule is Cc1noc([C@@H]2CC[C@H](CN=C(N)N3CCCC(C)C3)O2)n1.I. The Morgan fingerprint density at radius 1 is 1.39 bits per heavy atom. The quantitative estimate of drug-likeness (QED) is 0.445. The van der Waals surface area contributed by atoms with Gasteiger partial charge in [-0.3, -0.25) is 4.99 Å². The molecule has 130 valence electrons. The number of likely N-dealkylation sites (tertiary alicyclic amines) is 1. The summed E-state index contributed by atoms with van der Waals surface area (Å²) >= 11 is 0. The number of nitrogens with two attached hydrogens (primary N) is 1. The highest BCUT2D eigenvalue weighted by molar-refractivity contribution is 14.0. The van der Waals surface area contributed by atoms with Crippen molar-refractivity contribution in [3.63, 3.8) is 0 Å². The number of piperidine rings is 1. The maximum atomic E-state index is 6.12. The first-order chi connectivity index (χ1) is 10.6. The minimum atomic E-state index is -0.0994. The summed E-state index contributed by atoms with van der Waals surface area (Å²) in [7, 11) is 0. The number of aliphatic imine (C=N–C) groups is 1. The Morgan fingerprint density at radius 3 is 2.91 bits per heavy atom. The zero-order chi connectivity index (χ0) is 15.5. The first kappa shape index (κ1) is 18.4. The van der Waals surface area contributed by atoms with E-state index in [0.29, 0.717) is 30.1 Å². The molecule has 2 aliphatic heterocycles. The van der Waals surface area contributed by atoms with E-state index >= 15 is 0 Å². The van der Waals surface area contributed by atoms with E-state index in [1.807, 2.05) is 6.92 Å². The van der Waals surface area contributed by atoms with Crippen LogP contribution in [0.15, 0.2) is 9.52 Å². The number of nitrogens with zero attached hydrogens (tertiary/aromatic N) is 4. The van der Waals surface area contributed by atoms with Crippen LogP contribution in [0.5, 0.6) is 0 Å². The van der Waals surface area contributed by atoms with Crippen molar-refractivity contribution >= 4 is 29.9 Å². The molecule has 2 fully saturated rings. The van der Waals surface area contributed by atoms with Crippen LogP contribution < -0.4 is 5.73 Å². The third-order valence-corrected chi connectivity index (χ3v) is 4.36. The van der Waals surface area contributed by atoms with Gasteiger partial charge in [-0.2, -0.15) is 4.98 Å². The molecule has 7 nitrogen and oxygen atoms in total. The van der Waals surface area contributed by atoms with Crippen molar-refractivity contribution in [3.8, 4) is 0 Å². The summed E-state index contributed by atoms with van der Waals surface area (Å²) in [6, 6.07) is 0. The molecule has 3 heterocycles. The zero-order valence-corrected chi connectivity index (χ0v) is 16.1. The minimum absolute atomic E-state index is 0. The van der Waals surface area contributed by atoms with Crippen LogP contribution in [0, 0.1) is 12.8 Å². The molecule has 0 radical (unpaired) electrons. The molecular formula is C15H26IN5O2. The number of rotatable bonds is 3. The molecule has 1 aromatic heterocycles. The summed E-state index contributed by atoms with van der Waals surface area (Å²) in [6.45, 7) is 6.68. The maximum Gasteiger partial charge on any atom is 0.255 e. The average Bonchev–Trinajstić information content (AvgIpc) is 3.13. The summed E-state index contributed by atoms with van der Waals surface area (Å²) in [5.41, 5.74) is 6.12. The van der Waals surface area contributed by atoms with Gasteiger partial charge in [0.1, 0.15) is 6.10 Å². The largest absolute Gasteiger partial charge is 0.370 e. The van der Waals surface area contributed by atoms with E-state index in [0.717, 1.165) is 25.9 Å². The fourth-order valence-corrected chi connectivity index (χ4v) is 3.16. The molecule has 3 rings (SSSR count). The zero-order valence-electron chi connectivity index (χ0n) is 13.8. The van der Waals surface area contributed by atoms with Gasteiger partial charge in [-0.15, -0.1) is 24.0 Å². The number of hydrogen-bond donors (Lipinski definition) is 1. The lowest BCUT2D eigenvalue weighted by atomic mass is 10.0. The van der Waals surface area contributed by atoms with E-state index in [-0.39, 0.29) is 36.2 Å². The van der Waals surface area contributed by atoms with Crippen molar-refractivity contribution in [3.05, 3.63) is 11.7 Å². The number of aromatic nitrogens is 2. The molecule has 0 bridgehead atoms. The first-order valence-corrected chi connectivity index (χ1v) is 8.12. The molecule has 1 aromatic rings. The standard InChI is InChI=1S/C15H25N5O2.HI/c1-10-4-3-7-20(9-10)15(16)17-8-12-5-6-13(21-12)14-18-11(2)19-22-14;/h10,12-13H,3-9H2,1-2H3,(H2,16,17);1H/t10?,12-,13+;/m1./s1. The lowest BCUT2D eigenvalue weighted by Crippen LogP contribution is -2.43. The van der Waals surface area contributed by atoms with Crippen LogP contribution in [-0.2, 0) is 4.74 Å². The normalized spacial score (nSPS) is 28.7. The molecule has 2 saturated heterocycles. The molecule has 1 unspecified atom stereocenters. The lowest BCUT2D eigenvalue weighted by Gasteiger charge is -2.31. The topological polar surface area (TPSA) is 89.8 Å². The van der Waals surface area contributed by atoms with Crippen molar-refractivity contribution in [2.24, 2.45) is 16.6 Å². The molecule has 0 aromatic carbocycles. The molecule has 3 atom stereocenters. The molecule has 0 saturated carbocycles. The van der Waals surface area contributed by atoms with E-state index < -0.39 is 0 Å². The third kappa shape index (κ3) is 4.79. The molecule has 2 N–H and O–H groups in total. The van der Waals surface area contributed by atoms with E-state index in [1.54, 1.807) is 0 Å². The van der Waals surface area contributed by atoms with Crippen molar-refractivity contribution in [2.75, 3.05) is 19.6 Å². The van der Waals surface area contributed by atoms with Crippen molar-refractivity contribution < 1.29 is 9.26 Å². The van der Waals surface area contributed by atoms with Gasteiger partial charge in [0.15, 0.2) is 11.8 Å². The van der Waals surface area contributed by atoms with E-state index in [1.165, 1.54) is 12.8 Å². The van der Waals surface area contributed by atoms with Gasteiger partial charge in [0, 0.05) is 13.1 Å². The molecule has 8 heteroatoms. The van der Waals surface area contributed by atoms with Crippen molar-refractivity contribution in [1.29, 1.82) is 0 Å². The molecule has 0 aliphatic carbocycles. The average molecular weight is 435 g/mol. The Labute approximate surface area is 154 Å². The van der Waals surface area contributed by atoms with Gasteiger partial charge in [-0.25, -0.2) is 0 Å². The van der Waals surface area contributed by atoms with Gasteiger partial charge in [-0.1, -0.05) is 12.1 Å². The first-order valence-electron chi connectivity index (χ1n) is 8.12. The Morgan fingerprint density at radius 2 is 2.22 bits per heavy atom. The number of aryl methyl sites for hydroxylation is 1. The Bertz CT molecular complexity index is 536. The highest BCUT2D eigenvalue weighted by atomic mass is 127. The predicted octanol–water partition coefficient (Wildman–Crippen LogP) is 2.26. The van der Waals surface area contributed by atoms with Crippen LogP contribution in [0.2, 0.25) is 0 Å². The highest BCUT2D eigenvalue weighted by Crippen LogP contribution is 2.31. The van der Waals surface area contributed by atoms with Crippen molar-refractivity contribution in [2.45, 2.75) is 51.7 Å². The fourth-order valence-electron chi connectivity index (χ4n) is 3.16. The summed E-state index contributed by atoms with van der Waals surface area (Å²) in [6.07, 6.45) is 4.29. The monoisotopic (exact) mass is 435 g/mol. The van der Waals surface area contributed by atoms with E-state index in [9.17, 15) is 0 Å². The second-order valence-electron chi connectivity index (χ2n) is 6.40. The molecule has 2 aliphatic rings. The molecular weight excluding hydrogens is 409 g/mol. The predicted molar refractivity (Wildman–Crippen MR) is 97.8 cm³/mol. The van der Waals surface area contributed by atoms with Crippen LogP contribution in [0.4, 0.5) is 0 Å². The van der Waals surface area contributed by atoms with Gasteiger partial charge in [0.2, 0.25) is 0 Å². The van der Waals surface area contributed by atoms with E-state index in [2.05, 4.69) is 27.0 Å². The van der Waals surface area contributed by atoms with Crippen molar-refractivity contribution in [1.82, 2.24) is 15.0 Å². The second kappa shape index (κ2) is 8.27. The van der Waals surface area contributed by atoms with Gasteiger partial charge < -0.3 is 19.9 Å². The van der Waals surface area contributed by atoms with Crippen LogP contribution >= 0.6 is 24.0 Å². The van der Waals surface area contributed by atoms with Crippen LogP contribution in [0.3, 0.4) is 0 Å². The van der Waals surface area contributed by atoms with Crippen LogP contribution in [0.25, 0.3) is 0 Å². The number of ether oxygens (including phenoxy) is 1. The second-order valence-corrected chi connectivity index (χ2v) is 6.40. The number of guanidine groups is 1. The third-order valence-electron chi connectivity index (χ3n) is 4.36. The van der Waals surface area contributed by atoms with Gasteiger partial charge >= 0.3 is 0 Å². The Kier molecular flexibility index (Phi) is 6.63. The summed E-state index contributed by atoms with van der Waals surface area (Å²) in [5.74, 6) is 2.55. The van der Waals surface area contributed by atoms with Gasteiger partial charge in [0.05, 0.1) is 12.6 Å². The lowest BCUT2D eigenvalue weighted by molar-refractivity contribution is 0.0307. The molecule has 23 heavy (non-hydrogen) atoms. The highest BCUT2D eigenvalue weighted by Gasteiger charge is 2.30. The summed E-state index contributed by atoms with van der Waals surface area (Å²) < 4.78 is 11.1.